The van der Waals surface area contributed by atoms with Crippen LogP contribution >= 0.6 is 11.3 Å². The molecule has 0 radical (unpaired) electrons. The Hall–Kier alpha value is -2.34. The van der Waals surface area contributed by atoms with Crippen molar-refractivity contribution >= 4 is 23.0 Å². The van der Waals surface area contributed by atoms with Crippen LogP contribution in [0.25, 0.3) is 0 Å². The molecular formula is C22H27NO4S. The first-order chi connectivity index (χ1) is 13.4. The minimum atomic E-state index is -0.143. The fourth-order valence-electron chi connectivity index (χ4n) is 3.46. The van der Waals surface area contributed by atoms with Crippen LogP contribution in [-0.4, -0.2) is 24.4 Å². The topological polar surface area (TPSA) is 64.6 Å². The van der Waals surface area contributed by atoms with Crippen LogP contribution < -0.4 is 14.8 Å². The molecule has 0 unspecified atom stereocenters. The molecule has 0 saturated carbocycles. The lowest BCUT2D eigenvalue weighted by Gasteiger charge is -2.13. The molecule has 1 aromatic carbocycles. The molecule has 0 spiro atoms. The van der Waals surface area contributed by atoms with Crippen LogP contribution in [0.1, 0.15) is 57.9 Å². The van der Waals surface area contributed by atoms with E-state index in [-0.39, 0.29) is 30.6 Å². The molecule has 2 heterocycles. The number of carbonyl (C=O) groups is 2. The highest BCUT2D eigenvalue weighted by Crippen LogP contribution is 2.35. The maximum Gasteiger partial charge on any atom is 0.220 e. The van der Waals surface area contributed by atoms with E-state index in [9.17, 15) is 9.59 Å². The van der Waals surface area contributed by atoms with Crippen molar-refractivity contribution in [3.8, 4) is 11.5 Å². The van der Waals surface area contributed by atoms with Gasteiger partial charge in [0, 0.05) is 52.3 Å². The van der Waals surface area contributed by atoms with Crippen LogP contribution in [0.5, 0.6) is 11.5 Å². The number of amides is 1. The van der Waals surface area contributed by atoms with E-state index in [0.717, 1.165) is 44.4 Å². The monoisotopic (exact) mass is 401 g/mol. The minimum Gasteiger partial charge on any atom is -0.494 e. The third kappa shape index (κ3) is 4.73. The molecule has 1 aliphatic heterocycles. The number of aryl methyl sites for hydroxylation is 2. The third-order valence-corrected chi connectivity index (χ3v) is 5.74. The van der Waals surface area contributed by atoms with E-state index in [1.54, 1.807) is 11.3 Å². The second-order valence-corrected chi connectivity index (χ2v) is 8.62. The van der Waals surface area contributed by atoms with Gasteiger partial charge in [-0.3, -0.25) is 9.59 Å². The molecule has 1 N–H and O–H groups in total. The Morgan fingerprint density at radius 2 is 2.04 bits per heavy atom. The Kier molecular flexibility index (Phi) is 6.39. The molecule has 28 heavy (non-hydrogen) atoms. The van der Waals surface area contributed by atoms with Crippen molar-refractivity contribution < 1.29 is 19.1 Å². The zero-order valence-electron chi connectivity index (χ0n) is 16.9. The molecule has 1 aromatic heterocycles. The SMILES string of the molecule is CCOc1cc2c(cc1CNC(=O)CCC(=O)c1cc(C)sc1C)O[C@H](C)C2. The van der Waals surface area contributed by atoms with E-state index < -0.39 is 0 Å². The van der Waals surface area contributed by atoms with Gasteiger partial charge in [-0.05, 0) is 45.9 Å². The largest absolute Gasteiger partial charge is 0.494 e. The highest BCUT2D eigenvalue weighted by molar-refractivity contribution is 7.12. The Morgan fingerprint density at radius 3 is 2.71 bits per heavy atom. The number of benzene rings is 1. The number of thiophene rings is 1. The Labute approximate surface area is 170 Å². The second-order valence-electron chi connectivity index (χ2n) is 7.16. The highest BCUT2D eigenvalue weighted by Gasteiger charge is 2.22. The molecule has 5 nitrogen and oxygen atoms in total. The zero-order valence-corrected chi connectivity index (χ0v) is 17.7. The Morgan fingerprint density at radius 1 is 1.25 bits per heavy atom. The van der Waals surface area contributed by atoms with Crippen molar-refractivity contribution in [2.45, 2.75) is 59.6 Å². The average molecular weight is 402 g/mol. The molecule has 3 rings (SSSR count). The van der Waals surface area contributed by atoms with Gasteiger partial charge in [-0.15, -0.1) is 11.3 Å². The molecule has 0 fully saturated rings. The molecule has 150 valence electrons. The number of hydrogen-bond acceptors (Lipinski definition) is 5. The summed E-state index contributed by atoms with van der Waals surface area (Å²) >= 11 is 1.61. The van der Waals surface area contributed by atoms with Crippen molar-refractivity contribution in [2.24, 2.45) is 0 Å². The first kappa shape index (κ1) is 20.4. The maximum absolute atomic E-state index is 12.3. The second kappa shape index (κ2) is 8.78. The maximum atomic E-state index is 12.3. The van der Waals surface area contributed by atoms with Crippen molar-refractivity contribution in [1.29, 1.82) is 0 Å². The van der Waals surface area contributed by atoms with E-state index in [2.05, 4.69) is 5.32 Å². The van der Waals surface area contributed by atoms with Gasteiger partial charge in [-0.2, -0.15) is 0 Å². The molecule has 1 atom stereocenters. The lowest BCUT2D eigenvalue weighted by atomic mass is 10.1. The van der Waals surface area contributed by atoms with Gasteiger partial charge in [0.1, 0.15) is 17.6 Å². The van der Waals surface area contributed by atoms with Gasteiger partial charge in [0.2, 0.25) is 5.91 Å². The van der Waals surface area contributed by atoms with Gasteiger partial charge < -0.3 is 14.8 Å². The van der Waals surface area contributed by atoms with Crippen LogP contribution in [0.3, 0.4) is 0 Å². The number of nitrogens with one attached hydrogen (secondary N) is 1. The fraction of sp³-hybridized carbons (Fsp3) is 0.455. The smallest absolute Gasteiger partial charge is 0.220 e. The van der Waals surface area contributed by atoms with Crippen molar-refractivity contribution in [3.63, 3.8) is 0 Å². The average Bonchev–Trinajstić information content (AvgIpc) is 3.17. The predicted molar refractivity (Wildman–Crippen MR) is 111 cm³/mol. The molecule has 1 aliphatic rings. The van der Waals surface area contributed by atoms with Gasteiger partial charge in [-0.1, -0.05) is 0 Å². The lowest BCUT2D eigenvalue weighted by Crippen LogP contribution is -2.23. The molecule has 6 heteroatoms. The van der Waals surface area contributed by atoms with E-state index in [1.165, 1.54) is 0 Å². The summed E-state index contributed by atoms with van der Waals surface area (Å²) in [5.41, 5.74) is 2.76. The van der Waals surface area contributed by atoms with Gasteiger partial charge in [0.05, 0.1) is 6.61 Å². The summed E-state index contributed by atoms with van der Waals surface area (Å²) in [7, 11) is 0. The van der Waals surface area contributed by atoms with Gasteiger partial charge in [0.15, 0.2) is 5.78 Å². The summed E-state index contributed by atoms with van der Waals surface area (Å²) in [5.74, 6) is 1.51. The number of Topliss-reactive ketones (excluding diaryl/α,β-unsaturated/α-hetero) is 1. The van der Waals surface area contributed by atoms with Crippen LogP contribution in [0.2, 0.25) is 0 Å². The number of rotatable bonds is 8. The molecule has 2 aromatic rings. The molecular weight excluding hydrogens is 374 g/mol. The molecule has 0 saturated heterocycles. The highest BCUT2D eigenvalue weighted by atomic mass is 32.1. The van der Waals surface area contributed by atoms with E-state index >= 15 is 0 Å². The fourth-order valence-corrected chi connectivity index (χ4v) is 4.40. The lowest BCUT2D eigenvalue weighted by molar-refractivity contribution is -0.121. The van der Waals surface area contributed by atoms with E-state index in [4.69, 9.17) is 9.47 Å². The Balaban J connectivity index is 1.58. The summed E-state index contributed by atoms with van der Waals surface area (Å²) < 4.78 is 11.6. The normalized spacial score (nSPS) is 15.1. The van der Waals surface area contributed by atoms with Crippen LogP contribution in [0.15, 0.2) is 18.2 Å². The van der Waals surface area contributed by atoms with Gasteiger partial charge in [-0.25, -0.2) is 0 Å². The first-order valence-corrected chi connectivity index (χ1v) is 10.5. The first-order valence-electron chi connectivity index (χ1n) is 9.69. The summed E-state index contributed by atoms with van der Waals surface area (Å²) in [6, 6.07) is 5.86. The number of hydrogen-bond donors (Lipinski definition) is 1. The summed E-state index contributed by atoms with van der Waals surface area (Å²) in [4.78, 5) is 26.7. The quantitative estimate of drug-likeness (QED) is 0.667. The van der Waals surface area contributed by atoms with E-state index in [0.29, 0.717) is 13.2 Å². The number of carbonyl (C=O) groups excluding carboxylic acids is 2. The number of ketones is 1. The minimum absolute atomic E-state index is 0.0203. The number of ether oxygens (including phenoxy) is 2. The third-order valence-electron chi connectivity index (χ3n) is 4.78. The van der Waals surface area contributed by atoms with Crippen LogP contribution in [0.4, 0.5) is 0 Å². The van der Waals surface area contributed by atoms with Crippen LogP contribution in [0, 0.1) is 13.8 Å². The molecule has 0 bridgehead atoms. The summed E-state index contributed by atoms with van der Waals surface area (Å²) in [5, 5.41) is 2.90. The van der Waals surface area contributed by atoms with Gasteiger partial charge >= 0.3 is 0 Å². The predicted octanol–water partition coefficient (Wildman–Crippen LogP) is 4.37. The Bertz CT molecular complexity index is 887. The van der Waals surface area contributed by atoms with Gasteiger partial charge in [0.25, 0.3) is 0 Å². The van der Waals surface area contributed by atoms with Crippen LogP contribution in [-0.2, 0) is 17.8 Å². The molecule has 0 aliphatic carbocycles. The summed E-state index contributed by atoms with van der Waals surface area (Å²) in [6.07, 6.45) is 1.41. The van der Waals surface area contributed by atoms with Crippen molar-refractivity contribution in [3.05, 3.63) is 44.6 Å². The van der Waals surface area contributed by atoms with E-state index in [1.807, 2.05) is 45.9 Å². The zero-order chi connectivity index (χ0) is 20.3. The van der Waals surface area contributed by atoms with Crippen molar-refractivity contribution in [2.75, 3.05) is 6.61 Å². The van der Waals surface area contributed by atoms with Crippen molar-refractivity contribution in [1.82, 2.24) is 5.32 Å². The molecule has 1 amide bonds. The summed E-state index contributed by atoms with van der Waals surface area (Å²) in [6.45, 7) is 8.81. The number of fused-ring (bicyclic) bond motifs is 1. The standard InChI is InChI=1S/C22H27NO4S/c1-5-26-20-10-16-8-13(2)27-21(16)11-17(20)12-23-22(25)7-6-19(24)18-9-14(3)28-15(18)4/h9-11,13H,5-8,12H2,1-4H3,(H,23,25)/t13-/m1/s1.